The van der Waals surface area contributed by atoms with Gasteiger partial charge in [0.15, 0.2) is 0 Å². The standard InChI is InChI=1S/C16H24N2O2S/c1-5-21-10-12(3)18-15(19)9-17-16(18)13-6-7-14(20-4)11(2)8-13/h6-8,12,16-17H,5,9-10H2,1-4H3. The van der Waals surface area contributed by atoms with Crippen LogP contribution in [0.4, 0.5) is 0 Å². The number of hydrogen-bond acceptors (Lipinski definition) is 4. The Bertz CT molecular complexity index is 507. The topological polar surface area (TPSA) is 41.6 Å². The number of rotatable bonds is 6. The molecule has 1 aliphatic rings. The summed E-state index contributed by atoms with van der Waals surface area (Å²) in [5, 5.41) is 3.32. The first-order valence-electron chi connectivity index (χ1n) is 7.35. The lowest BCUT2D eigenvalue weighted by Crippen LogP contribution is -2.39. The van der Waals surface area contributed by atoms with E-state index in [0.717, 1.165) is 28.4 Å². The monoisotopic (exact) mass is 308 g/mol. The van der Waals surface area contributed by atoms with Crippen LogP contribution in [0.5, 0.6) is 5.75 Å². The van der Waals surface area contributed by atoms with Gasteiger partial charge in [0.25, 0.3) is 0 Å². The van der Waals surface area contributed by atoms with Crippen molar-refractivity contribution in [1.29, 1.82) is 0 Å². The molecule has 0 spiro atoms. The Labute approximate surface area is 131 Å². The molecule has 0 aromatic heterocycles. The first-order valence-corrected chi connectivity index (χ1v) is 8.50. The average molecular weight is 308 g/mol. The van der Waals surface area contributed by atoms with Crippen molar-refractivity contribution in [3.63, 3.8) is 0 Å². The number of hydrogen-bond donors (Lipinski definition) is 1. The van der Waals surface area contributed by atoms with Crippen LogP contribution in [0.3, 0.4) is 0 Å². The van der Waals surface area contributed by atoms with Gasteiger partial charge in [0.2, 0.25) is 5.91 Å². The second-order valence-electron chi connectivity index (χ2n) is 5.32. The molecule has 4 nitrogen and oxygen atoms in total. The van der Waals surface area contributed by atoms with Gasteiger partial charge in [-0.05, 0) is 42.9 Å². The van der Waals surface area contributed by atoms with Gasteiger partial charge in [0.05, 0.1) is 13.7 Å². The summed E-state index contributed by atoms with van der Waals surface area (Å²) in [5.74, 6) is 3.10. The number of benzene rings is 1. The Hall–Kier alpha value is -1.20. The van der Waals surface area contributed by atoms with Gasteiger partial charge >= 0.3 is 0 Å². The van der Waals surface area contributed by atoms with Crippen LogP contribution in [0.25, 0.3) is 0 Å². The number of amides is 1. The molecule has 1 aliphatic heterocycles. The summed E-state index contributed by atoms with van der Waals surface area (Å²) in [7, 11) is 1.68. The van der Waals surface area contributed by atoms with E-state index in [-0.39, 0.29) is 18.1 Å². The van der Waals surface area contributed by atoms with Crippen molar-refractivity contribution < 1.29 is 9.53 Å². The fourth-order valence-corrected chi connectivity index (χ4v) is 3.47. The number of nitrogens with zero attached hydrogens (tertiary/aromatic N) is 1. The lowest BCUT2D eigenvalue weighted by Gasteiger charge is -2.30. The van der Waals surface area contributed by atoms with Crippen LogP contribution in [0, 0.1) is 6.92 Å². The van der Waals surface area contributed by atoms with Gasteiger partial charge in [-0.3, -0.25) is 10.1 Å². The van der Waals surface area contributed by atoms with E-state index in [1.807, 2.05) is 35.7 Å². The molecule has 1 aromatic carbocycles. The number of carbonyl (C=O) groups is 1. The van der Waals surface area contributed by atoms with Gasteiger partial charge in [-0.25, -0.2) is 0 Å². The molecule has 1 N–H and O–H groups in total. The molecule has 0 bridgehead atoms. The number of aryl methyl sites for hydroxylation is 1. The minimum absolute atomic E-state index is 0.0328. The van der Waals surface area contributed by atoms with Crippen LogP contribution < -0.4 is 10.1 Å². The second-order valence-corrected chi connectivity index (χ2v) is 6.64. The van der Waals surface area contributed by atoms with Gasteiger partial charge in [-0.2, -0.15) is 11.8 Å². The van der Waals surface area contributed by atoms with Crippen molar-refractivity contribution >= 4 is 17.7 Å². The summed E-state index contributed by atoms with van der Waals surface area (Å²) < 4.78 is 5.31. The summed E-state index contributed by atoms with van der Waals surface area (Å²) in [6.45, 7) is 6.71. The number of carbonyl (C=O) groups excluding carboxylic acids is 1. The highest BCUT2D eigenvalue weighted by atomic mass is 32.2. The Morgan fingerprint density at radius 2 is 2.29 bits per heavy atom. The highest BCUT2D eigenvalue weighted by Gasteiger charge is 2.34. The molecule has 0 saturated carbocycles. The van der Waals surface area contributed by atoms with Crippen molar-refractivity contribution in [3.05, 3.63) is 29.3 Å². The van der Waals surface area contributed by atoms with Crippen LogP contribution in [-0.2, 0) is 4.79 Å². The Kier molecular flexibility index (Phi) is 5.53. The van der Waals surface area contributed by atoms with Gasteiger partial charge in [-0.15, -0.1) is 0 Å². The van der Waals surface area contributed by atoms with E-state index in [1.165, 1.54) is 0 Å². The molecular formula is C16H24N2O2S. The molecule has 1 amide bonds. The van der Waals surface area contributed by atoms with Crippen molar-refractivity contribution in [2.45, 2.75) is 33.0 Å². The maximum absolute atomic E-state index is 12.2. The van der Waals surface area contributed by atoms with E-state index in [1.54, 1.807) is 7.11 Å². The minimum atomic E-state index is -0.0328. The van der Waals surface area contributed by atoms with E-state index in [0.29, 0.717) is 6.54 Å². The van der Waals surface area contributed by atoms with Gasteiger partial charge in [0, 0.05) is 11.8 Å². The molecule has 1 fully saturated rings. The fraction of sp³-hybridized carbons (Fsp3) is 0.562. The maximum Gasteiger partial charge on any atom is 0.238 e. The summed E-state index contributed by atoms with van der Waals surface area (Å²) >= 11 is 1.87. The summed E-state index contributed by atoms with van der Waals surface area (Å²) in [6.07, 6.45) is -0.0328. The third-order valence-electron chi connectivity index (χ3n) is 3.79. The largest absolute Gasteiger partial charge is 0.496 e. The molecule has 2 unspecified atom stereocenters. The van der Waals surface area contributed by atoms with Gasteiger partial charge in [-0.1, -0.05) is 13.0 Å². The zero-order valence-corrected chi connectivity index (χ0v) is 14.0. The molecule has 21 heavy (non-hydrogen) atoms. The lowest BCUT2D eigenvalue weighted by atomic mass is 10.1. The summed E-state index contributed by atoms with van der Waals surface area (Å²) in [4.78, 5) is 14.2. The zero-order valence-electron chi connectivity index (χ0n) is 13.2. The van der Waals surface area contributed by atoms with Crippen LogP contribution in [0.2, 0.25) is 0 Å². The predicted molar refractivity (Wildman–Crippen MR) is 87.8 cm³/mol. The zero-order chi connectivity index (χ0) is 15.4. The predicted octanol–water partition coefficient (Wildman–Crippen LogP) is 2.58. The summed E-state index contributed by atoms with van der Waals surface area (Å²) in [6, 6.07) is 6.33. The second kappa shape index (κ2) is 7.18. The molecule has 0 radical (unpaired) electrons. The van der Waals surface area contributed by atoms with Gasteiger partial charge in [0.1, 0.15) is 11.9 Å². The van der Waals surface area contributed by atoms with Crippen LogP contribution in [0.15, 0.2) is 18.2 Å². The van der Waals surface area contributed by atoms with E-state index in [4.69, 9.17) is 4.74 Å². The maximum atomic E-state index is 12.2. The van der Waals surface area contributed by atoms with Crippen LogP contribution in [0.1, 0.15) is 31.1 Å². The number of thioether (sulfide) groups is 1. The van der Waals surface area contributed by atoms with Gasteiger partial charge < -0.3 is 9.64 Å². The SMILES string of the molecule is CCSCC(C)N1C(=O)CNC1c1ccc(OC)c(C)c1. The quantitative estimate of drug-likeness (QED) is 0.877. The van der Waals surface area contributed by atoms with Crippen LogP contribution in [-0.4, -0.2) is 42.0 Å². The molecule has 1 aromatic rings. The first-order chi connectivity index (χ1) is 10.1. The number of methoxy groups -OCH3 is 1. The Morgan fingerprint density at radius 1 is 1.52 bits per heavy atom. The fourth-order valence-electron chi connectivity index (χ4n) is 2.74. The minimum Gasteiger partial charge on any atom is -0.496 e. The molecule has 1 saturated heterocycles. The summed E-state index contributed by atoms with van der Waals surface area (Å²) in [5.41, 5.74) is 2.21. The van der Waals surface area contributed by atoms with E-state index < -0.39 is 0 Å². The number of nitrogens with one attached hydrogen (secondary N) is 1. The van der Waals surface area contributed by atoms with E-state index >= 15 is 0 Å². The highest BCUT2D eigenvalue weighted by molar-refractivity contribution is 7.99. The third-order valence-corrected chi connectivity index (χ3v) is 4.91. The molecular weight excluding hydrogens is 284 g/mol. The van der Waals surface area contributed by atoms with Crippen molar-refractivity contribution in [1.82, 2.24) is 10.2 Å². The molecule has 5 heteroatoms. The first kappa shape index (κ1) is 16.2. The van der Waals surface area contributed by atoms with Crippen LogP contribution >= 0.6 is 11.8 Å². The lowest BCUT2D eigenvalue weighted by molar-refractivity contribution is -0.129. The number of ether oxygens (including phenoxy) is 1. The Balaban J connectivity index is 2.20. The molecule has 2 rings (SSSR count). The molecule has 1 heterocycles. The third kappa shape index (κ3) is 3.52. The molecule has 116 valence electrons. The smallest absolute Gasteiger partial charge is 0.238 e. The van der Waals surface area contributed by atoms with E-state index in [2.05, 4.69) is 25.2 Å². The highest BCUT2D eigenvalue weighted by Crippen LogP contribution is 2.29. The molecule has 0 aliphatic carbocycles. The van der Waals surface area contributed by atoms with Crippen molar-refractivity contribution in [3.8, 4) is 5.75 Å². The Morgan fingerprint density at radius 3 is 2.90 bits per heavy atom. The van der Waals surface area contributed by atoms with Crippen molar-refractivity contribution in [2.24, 2.45) is 0 Å². The average Bonchev–Trinajstić information content (AvgIpc) is 2.86. The van der Waals surface area contributed by atoms with E-state index in [9.17, 15) is 4.79 Å². The van der Waals surface area contributed by atoms with Crippen molar-refractivity contribution in [2.75, 3.05) is 25.2 Å². The normalized spacial score (nSPS) is 19.9. The molecule has 2 atom stereocenters.